The van der Waals surface area contributed by atoms with Gasteiger partial charge in [0.25, 0.3) is 5.89 Å². The van der Waals surface area contributed by atoms with Crippen LogP contribution in [0.1, 0.15) is 28.2 Å². The van der Waals surface area contributed by atoms with E-state index in [1.807, 2.05) is 45.9 Å². The van der Waals surface area contributed by atoms with E-state index in [4.69, 9.17) is 8.83 Å². The van der Waals surface area contributed by atoms with Crippen LogP contribution in [0, 0.1) is 27.7 Å². The number of aromatic nitrogens is 2. The number of nitrogens with zero attached hydrogens (tertiary/aromatic N) is 2. The predicted molar refractivity (Wildman–Crippen MR) is 89.7 cm³/mol. The van der Waals surface area contributed by atoms with Crippen LogP contribution in [-0.2, 0) is 11.2 Å². The smallest absolute Gasteiger partial charge is 0.322 e. The summed E-state index contributed by atoms with van der Waals surface area (Å²) in [6.45, 7) is 7.69. The van der Waals surface area contributed by atoms with E-state index in [1.165, 1.54) is 5.56 Å². The Bertz CT molecular complexity index is 893. The number of rotatable bonds is 4. The SMILES string of the molecule is Cc1ccc(CC(=O)Nc2nnc(-c3cc(C)oc3C)o2)c(C)c1. The first-order chi connectivity index (χ1) is 11.4. The Morgan fingerprint density at radius 2 is 1.88 bits per heavy atom. The van der Waals surface area contributed by atoms with Crippen molar-refractivity contribution in [1.82, 2.24) is 10.2 Å². The van der Waals surface area contributed by atoms with E-state index in [9.17, 15) is 4.79 Å². The van der Waals surface area contributed by atoms with Crippen molar-refractivity contribution in [2.45, 2.75) is 34.1 Å². The van der Waals surface area contributed by atoms with Crippen LogP contribution in [-0.4, -0.2) is 16.1 Å². The number of carbonyl (C=O) groups excluding carboxylic acids is 1. The standard InChI is InChI=1S/C18H19N3O3/c1-10-5-6-14(11(2)7-10)9-16(22)19-18-21-20-17(24-18)15-8-12(3)23-13(15)4/h5-8H,9H2,1-4H3,(H,19,21,22). The van der Waals surface area contributed by atoms with E-state index in [0.29, 0.717) is 11.7 Å². The highest BCUT2D eigenvalue weighted by atomic mass is 16.4. The lowest BCUT2D eigenvalue weighted by atomic mass is 10.0. The highest BCUT2D eigenvalue weighted by Gasteiger charge is 2.16. The van der Waals surface area contributed by atoms with Crippen molar-refractivity contribution in [3.63, 3.8) is 0 Å². The number of anilines is 1. The summed E-state index contributed by atoms with van der Waals surface area (Å²) in [6, 6.07) is 7.91. The van der Waals surface area contributed by atoms with Crippen molar-refractivity contribution in [3.05, 3.63) is 52.5 Å². The highest BCUT2D eigenvalue weighted by molar-refractivity contribution is 5.90. The van der Waals surface area contributed by atoms with Gasteiger partial charge in [-0.2, -0.15) is 0 Å². The molecule has 124 valence electrons. The van der Waals surface area contributed by atoms with Gasteiger partial charge in [0.15, 0.2) is 0 Å². The zero-order valence-corrected chi connectivity index (χ0v) is 14.1. The van der Waals surface area contributed by atoms with Crippen molar-refractivity contribution in [2.24, 2.45) is 0 Å². The highest BCUT2D eigenvalue weighted by Crippen LogP contribution is 2.26. The molecule has 0 atom stereocenters. The zero-order valence-electron chi connectivity index (χ0n) is 14.1. The van der Waals surface area contributed by atoms with Gasteiger partial charge in [-0.15, -0.1) is 5.10 Å². The monoisotopic (exact) mass is 325 g/mol. The Balaban J connectivity index is 1.70. The Labute approximate surface area is 139 Å². The summed E-state index contributed by atoms with van der Waals surface area (Å²) in [5.74, 6) is 1.59. The first-order valence-electron chi connectivity index (χ1n) is 7.69. The molecule has 2 heterocycles. The molecule has 1 aromatic carbocycles. The third kappa shape index (κ3) is 3.37. The summed E-state index contributed by atoms with van der Waals surface area (Å²) in [7, 11) is 0. The molecule has 2 aromatic heterocycles. The number of benzene rings is 1. The molecule has 24 heavy (non-hydrogen) atoms. The molecule has 0 saturated carbocycles. The first-order valence-corrected chi connectivity index (χ1v) is 7.69. The van der Waals surface area contributed by atoms with Crippen LogP contribution < -0.4 is 5.32 Å². The summed E-state index contributed by atoms with van der Waals surface area (Å²) >= 11 is 0. The topological polar surface area (TPSA) is 81.2 Å². The molecule has 0 unspecified atom stereocenters. The molecule has 0 bridgehead atoms. The van der Waals surface area contributed by atoms with Gasteiger partial charge in [0.05, 0.1) is 12.0 Å². The number of hydrogen-bond acceptors (Lipinski definition) is 5. The lowest BCUT2D eigenvalue weighted by molar-refractivity contribution is -0.115. The average Bonchev–Trinajstić information content (AvgIpc) is 3.08. The van der Waals surface area contributed by atoms with E-state index in [2.05, 4.69) is 21.6 Å². The third-order valence-corrected chi connectivity index (χ3v) is 3.79. The summed E-state index contributed by atoms with van der Waals surface area (Å²) < 4.78 is 11.0. The maximum absolute atomic E-state index is 12.2. The largest absolute Gasteiger partial charge is 0.466 e. The van der Waals surface area contributed by atoms with Gasteiger partial charge in [-0.3, -0.25) is 10.1 Å². The molecule has 0 radical (unpaired) electrons. The van der Waals surface area contributed by atoms with Crippen LogP contribution in [0.15, 0.2) is 33.1 Å². The van der Waals surface area contributed by atoms with Crippen molar-refractivity contribution in [1.29, 1.82) is 0 Å². The van der Waals surface area contributed by atoms with E-state index in [1.54, 1.807) is 0 Å². The van der Waals surface area contributed by atoms with Crippen LogP contribution in [0.2, 0.25) is 0 Å². The summed E-state index contributed by atoms with van der Waals surface area (Å²) in [5.41, 5.74) is 3.96. The van der Waals surface area contributed by atoms with Crippen molar-refractivity contribution >= 4 is 11.9 Å². The fourth-order valence-electron chi connectivity index (χ4n) is 2.61. The molecule has 6 heteroatoms. The van der Waals surface area contributed by atoms with E-state index < -0.39 is 0 Å². The zero-order chi connectivity index (χ0) is 17.3. The molecular weight excluding hydrogens is 306 g/mol. The maximum atomic E-state index is 12.2. The van der Waals surface area contributed by atoms with E-state index >= 15 is 0 Å². The summed E-state index contributed by atoms with van der Waals surface area (Å²) in [4.78, 5) is 12.2. The van der Waals surface area contributed by atoms with Crippen LogP contribution in [0.3, 0.4) is 0 Å². The van der Waals surface area contributed by atoms with Crippen LogP contribution in [0.25, 0.3) is 11.5 Å². The Morgan fingerprint density at radius 1 is 1.08 bits per heavy atom. The number of hydrogen-bond donors (Lipinski definition) is 1. The molecular formula is C18H19N3O3. The molecule has 6 nitrogen and oxygen atoms in total. The molecule has 0 saturated heterocycles. The normalized spacial score (nSPS) is 10.8. The van der Waals surface area contributed by atoms with Crippen molar-refractivity contribution < 1.29 is 13.6 Å². The average molecular weight is 325 g/mol. The molecule has 3 aromatic rings. The minimum Gasteiger partial charge on any atom is -0.466 e. The number of furan rings is 1. The number of amides is 1. The second-order valence-electron chi connectivity index (χ2n) is 5.89. The van der Waals surface area contributed by atoms with Crippen LogP contribution in [0.4, 0.5) is 6.01 Å². The molecule has 1 amide bonds. The first kappa shape index (κ1) is 16.0. The van der Waals surface area contributed by atoms with Crippen LogP contribution in [0.5, 0.6) is 0 Å². The molecule has 3 rings (SSSR count). The lowest BCUT2D eigenvalue weighted by Gasteiger charge is -2.06. The van der Waals surface area contributed by atoms with Gasteiger partial charge in [0.2, 0.25) is 5.91 Å². The van der Waals surface area contributed by atoms with E-state index in [-0.39, 0.29) is 18.3 Å². The second-order valence-corrected chi connectivity index (χ2v) is 5.89. The van der Waals surface area contributed by atoms with Gasteiger partial charge in [-0.25, -0.2) is 0 Å². The molecule has 1 N–H and O–H groups in total. The van der Waals surface area contributed by atoms with Gasteiger partial charge in [-0.1, -0.05) is 28.9 Å². The summed E-state index contributed by atoms with van der Waals surface area (Å²) in [5, 5.41) is 10.5. The molecule has 0 aliphatic heterocycles. The number of aryl methyl sites for hydroxylation is 4. The second kappa shape index (κ2) is 6.31. The fourth-order valence-corrected chi connectivity index (χ4v) is 2.61. The number of carbonyl (C=O) groups is 1. The Morgan fingerprint density at radius 3 is 2.54 bits per heavy atom. The molecule has 0 fully saturated rings. The lowest BCUT2D eigenvalue weighted by Crippen LogP contribution is -2.15. The van der Waals surface area contributed by atoms with Gasteiger partial charge >= 0.3 is 6.01 Å². The minimum absolute atomic E-state index is 0.0815. The third-order valence-electron chi connectivity index (χ3n) is 3.79. The van der Waals surface area contributed by atoms with Gasteiger partial charge in [-0.05, 0) is 44.9 Å². The van der Waals surface area contributed by atoms with Crippen molar-refractivity contribution in [3.8, 4) is 11.5 Å². The van der Waals surface area contributed by atoms with Gasteiger partial charge < -0.3 is 8.83 Å². The number of nitrogens with one attached hydrogen (secondary N) is 1. The fraction of sp³-hybridized carbons (Fsp3) is 0.278. The molecule has 0 aliphatic rings. The Hall–Kier alpha value is -2.89. The van der Waals surface area contributed by atoms with Gasteiger partial charge in [0, 0.05) is 0 Å². The Kier molecular flexibility index (Phi) is 4.20. The minimum atomic E-state index is -0.197. The van der Waals surface area contributed by atoms with Crippen LogP contribution >= 0.6 is 0 Å². The summed E-state index contributed by atoms with van der Waals surface area (Å²) in [6.07, 6.45) is 0.258. The van der Waals surface area contributed by atoms with Crippen molar-refractivity contribution in [2.75, 3.05) is 5.32 Å². The van der Waals surface area contributed by atoms with Gasteiger partial charge in [0.1, 0.15) is 11.5 Å². The van der Waals surface area contributed by atoms with E-state index in [0.717, 1.165) is 22.5 Å². The maximum Gasteiger partial charge on any atom is 0.322 e. The molecule has 0 spiro atoms. The predicted octanol–water partition coefficient (Wildman–Crippen LogP) is 3.74. The molecule has 0 aliphatic carbocycles. The quantitative estimate of drug-likeness (QED) is 0.790.